The second kappa shape index (κ2) is 5.70. The Morgan fingerprint density at radius 2 is 2.14 bits per heavy atom. The molecule has 1 atom stereocenters. The average Bonchev–Trinajstić information content (AvgIpc) is 2.49. The summed E-state index contributed by atoms with van der Waals surface area (Å²) in [6.45, 7) is 1.20. The van der Waals surface area contributed by atoms with E-state index in [1.165, 1.54) is 6.20 Å². The van der Waals surface area contributed by atoms with Crippen molar-refractivity contribution in [3.63, 3.8) is 0 Å². The summed E-state index contributed by atoms with van der Waals surface area (Å²) in [5.41, 5.74) is -0.367. The molecule has 1 aliphatic rings. The third kappa shape index (κ3) is 2.74. The molecule has 0 spiro atoms. The van der Waals surface area contributed by atoms with Crippen LogP contribution < -0.4 is 5.32 Å². The summed E-state index contributed by atoms with van der Waals surface area (Å²) >= 11 is 12.2. The molecule has 3 rings (SSSR count). The first-order chi connectivity index (χ1) is 10.00. The van der Waals surface area contributed by atoms with Gasteiger partial charge in [0.1, 0.15) is 4.90 Å². The lowest BCUT2D eigenvalue weighted by atomic mass is 10.2. The molecule has 0 bridgehead atoms. The number of aromatic nitrogens is 1. The first-order valence-electron chi connectivity index (χ1n) is 6.30. The van der Waals surface area contributed by atoms with Crippen LogP contribution in [-0.2, 0) is 14.6 Å². The molecule has 2 aromatic rings. The molecule has 21 heavy (non-hydrogen) atoms. The Labute approximate surface area is 132 Å². The van der Waals surface area contributed by atoms with E-state index in [1.807, 2.05) is 0 Å². The van der Waals surface area contributed by atoms with Gasteiger partial charge in [-0.1, -0.05) is 23.2 Å². The number of sulfone groups is 1. The number of rotatable bonds is 2. The summed E-state index contributed by atoms with van der Waals surface area (Å²) in [5.74, 6) is 0. The molecule has 0 aliphatic carbocycles. The third-order valence-corrected chi connectivity index (χ3v) is 5.95. The number of nitrogens with zero attached hydrogens (tertiary/aromatic N) is 1. The van der Waals surface area contributed by atoms with Crippen molar-refractivity contribution in [1.82, 2.24) is 10.3 Å². The molecule has 1 unspecified atom stereocenters. The maximum Gasteiger partial charge on any atom is 0.209 e. The lowest BCUT2D eigenvalue weighted by Gasteiger charge is -2.24. The molecule has 112 valence electrons. The van der Waals surface area contributed by atoms with Gasteiger partial charge in [-0.05, 0) is 18.2 Å². The highest BCUT2D eigenvalue weighted by Crippen LogP contribution is 2.32. The molecule has 1 saturated heterocycles. The Balaban J connectivity index is 2.13. The summed E-state index contributed by atoms with van der Waals surface area (Å²) in [7, 11) is -3.72. The van der Waals surface area contributed by atoms with Gasteiger partial charge in [-0.25, -0.2) is 8.42 Å². The number of halogens is 2. The Bertz CT molecular complexity index is 789. The van der Waals surface area contributed by atoms with E-state index in [1.54, 1.807) is 18.2 Å². The summed E-state index contributed by atoms with van der Waals surface area (Å²) < 4.78 is 30.6. The van der Waals surface area contributed by atoms with Gasteiger partial charge >= 0.3 is 0 Å². The van der Waals surface area contributed by atoms with Gasteiger partial charge in [0, 0.05) is 29.7 Å². The highest BCUT2D eigenvalue weighted by atomic mass is 35.5. The van der Waals surface area contributed by atoms with E-state index in [0.717, 1.165) is 0 Å². The van der Waals surface area contributed by atoms with Gasteiger partial charge in [0.15, 0.2) is 5.44 Å². The van der Waals surface area contributed by atoms with Crippen molar-refractivity contribution in [2.75, 3.05) is 19.7 Å². The van der Waals surface area contributed by atoms with Crippen molar-refractivity contribution in [3.8, 4) is 0 Å². The summed E-state index contributed by atoms with van der Waals surface area (Å²) in [4.78, 5) is 4.11. The number of morpholine rings is 1. The molecule has 2 heterocycles. The van der Waals surface area contributed by atoms with E-state index in [4.69, 9.17) is 27.9 Å². The van der Waals surface area contributed by atoms with E-state index < -0.39 is 15.3 Å². The third-order valence-electron chi connectivity index (χ3n) is 3.28. The maximum absolute atomic E-state index is 12.6. The largest absolute Gasteiger partial charge is 0.359 e. The van der Waals surface area contributed by atoms with Gasteiger partial charge in [0.25, 0.3) is 0 Å². The van der Waals surface area contributed by atoms with Crippen molar-refractivity contribution in [1.29, 1.82) is 0 Å². The minimum Gasteiger partial charge on any atom is -0.359 e. The Morgan fingerprint density at radius 1 is 1.33 bits per heavy atom. The molecule has 1 N–H and O–H groups in total. The van der Waals surface area contributed by atoms with Gasteiger partial charge in [0.05, 0.1) is 17.1 Å². The van der Waals surface area contributed by atoms with Crippen LogP contribution in [0.15, 0.2) is 29.3 Å². The number of fused-ring (bicyclic) bond motifs is 1. The zero-order valence-electron chi connectivity index (χ0n) is 10.8. The van der Waals surface area contributed by atoms with Gasteiger partial charge in [-0.15, -0.1) is 0 Å². The second-order valence-electron chi connectivity index (χ2n) is 4.65. The van der Waals surface area contributed by atoms with Gasteiger partial charge < -0.3 is 10.1 Å². The molecule has 0 amide bonds. The van der Waals surface area contributed by atoms with E-state index >= 15 is 0 Å². The first kappa shape index (κ1) is 15.0. The number of ether oxygens (including phenoxy) is 1. The minimum atomic E-state index is -3.72. The van der Waals surface area contributed by atoms with Crippen LogP contribution in [0.5, 0.6) is 0 Å². The van der Waals surface area contributed by atoms with Crippen LogP contribution >= 0.6 is 23.2 Å². The molecule has 1 aromatic heterocycles. The normalized spacial score (nSPS) is 19.8. The smallest absolute Gasteiger partial charge is 0.209 e. The summed E-state index contributed by atoms with van der Waals surface area (Å²) in [5, 5.41) is 4.09. The predicted molar refractivity (Wildman–Crippen MR) is 81.6 cm³/mol. The average molecular weight is 347 g/mol. The highest BCUT2D eigenvalue weighted by Gasteiger charge is 2.32. The highest BCUT2D eigenvalue weighted by molar-refractivity contribution is 7.92. The lowest BCUT2D eigenvalue weighted by molar-refractivity contribution is 0.0785. The Kier molecular flexibility index (Phi) is 4.07. The maximum atomic E-state index is 12.6. The van der Waals surface area contributed by atoms with Crippen LogP contribution in [0, 0.1) is 0 Å². The van der Waals surface area contributed by atoms with Crippen LogP contribution in [0.1, 0.15) is 0 Å². The van der Waals surface area contributed by atoms with Crippen LogP contribution in [-0.4, -0.2) is 38.5 Å². The molecule has 1 aromatic carbocycles. The molecule has 5 nitrogen and oxygen atoms in total. The van der Waals surface area contributed by atoms with Crippen molar-refractivity contribution >= 4 is 43.9 Å². The Morgan fingerprint density at radius 3 is 2.86 bits per heavy atom. The quantitative estimate of drug-likeness (QED) is 0.903. The summed E-state index contributed by atoms with van der Waals surface area (Å²) in [6.07, 6.45) is 1.27. The van der Waals surface area contributed by atoms with Crippen LogP contribution in [0.3, 0.4) is 0 Å². The van der Waals surface area contributed by atoms with Crippen molar-refractivity contribution in [2.45, 2.75) is 10.3 Å². The number of nitrogens with one attached hydrogen (secondary N) is 1. The van der Waals surface area contributed by atoms with Gasteiger partial charge in [-0.3, -0.25) is 4.98 Å². The van der Waals surface area contributed by atoms with Crippen LogP contribution in [0.2, 0.25) is 10.0 Å². The number of hydrogen-bond acceptors (Lipinski definition) is 5. The topological polar surface area (TPSA) is 68.3 Å². The lowest BCUT2D eigenvalue weighted by Crippen LogP contribution is -2.43. The van der Waals surface area contributed by atoms with E-state index in [0.29, 0.717) is 29.1 Å². The van der Waals surface area contributed by atoms with E-state index in [-0.39, 0.29) is 16.5 Å². The number of pyridine rings is 1. The first-order valence-corrected chi connectivity index (χ1v) is 8.60. The number of benzene rings is 1. The Hall–Kier alpha value is -0.920. The minimum absolute atomic E-state index is 0.0346. The SMILES string of the molecule is O=S(=O)(c1cnc2ccc(Cl)cc2c1Cl)C1CNCCO1. The monoisotopic (exact) mass is 346 g/mol. The van der Waals surface area contributed by atoms with E-state index in [9.17, 15) is 8.42 Å². The molecular weight excluding hydrogens is 335 g/mol. The van der Waals surface area contributed by atoms with Crippen LogP contribution in [0.25, 0.3) is 10.9 Å². The second-order valence-corrected chi connectivity index (χ2v) is 7.52. The zero-order valence-corrected chi connectivity index (χ0v) is 13.2. The molecule has 1 aliphatic heterocycles. The van der Waals surface area contributed by atoms with Crippen molar-refractivity contribution < 1.29 is 13.2 Å². The fourth-order valence-electron chi connectivity index (χ4n) is 2.19. The molecule has 8 heteroatoms. The standard InChI is InChI=1S/C13H12Cl2N2O3S/c14-8-1-2-10-9(5-8)13(15)11(6-17-10)21(18,19)12-7-16-3-4-20-12/h1-2,5-6,12,16H,3-4,7H2. The number of hydrogen-bond donors (Lipinski definition) is 1. The predicted octanol–water partition coefficient (Wildman–Crippen LogP) is 2.26. The molecule has 1 fully saturated rings. The van der Waals surface area contributed by atoms with Gasteiger partial charge in [-0.2, -0.15) is 0 Å². The summed E-state index contributed by atoms with van der Waals surface area (Å²) in [6, 6.07) is 4.97. The van der Waals surface area contributed by atoms with Crippen molar-refractivity contribution in [2.24, 2.45) is 0 Å². The fourth-order valence-corrected chi connectivity index (χ4v) is 4.34. The molecule has 0 radical (unpaired) electrons. The van der Waals surface area contributed by atoms with Crippen molar-refractivity contribution in [3.05, 3.63) is 34.4 Å². The van der Waals surface area contributed by atoms with Crippen LogP contribution in [0.4, 0.5) is 0 Å². The fraction of sp³-hybridized carbons (Fsp3) is 0.308. The molecule has 0 saturated carbocycles. The van der Waals surface area contributed by atoms with E-state index in [2.05, 4.69) is 10.3 Å². The van der Waals surface area contributed by atoms with Gasteiger partial charge in [0.2, 0.25) is 9.84 Å². The zero-order chi connectivity index (χ0) is 15.0. The molecular formula is C13H12Cl2N2O3S.